The van der Waals surface area contributed by atoms with E-state index in [1.165, 1.54) is 0 Å². The summed E-state index contributed by atoms with van der Waals surface area (Å²) in [6.07, 6.45) is 3.48. The first-order chi connectivity index (χ1) is 12.0. The summed E-state index contributed by atoms with van der Waals surface area (Å²) in [6, 6.07) is 8.78. The molecule has 1 amide bonds. The number of nitrogens with two attached hydrogens (primary N) is 1. The van der Waals surface area contributed by atoms with E-state index in [9.17, 15) is 4.79 Å². The number of nitrogens with one attached hydrogen (secondary N) is 1. The van der Waals surface area contributed by atoms with Crippen LogP contribution in [-0.2, 0) is 9.53 Å². The van der Waals surface area contributed by atoms with Gasteiger partial charge in [-0.15, -0.1) is 0 Å². The second-order valence-corrected chi connectivity index (χ2v) is 7.29. The lowest BCUT2D eigenvalue weighted by atomic mass is 9.75. The molecule has 0 saturated carbocycles. The van der Waals surface area contributed by atoms with Gasteiger partial charge in [0.15, 0.2) is 0 Å². The van der Waals surface area contributed by atoms with Gasteiger partial charge >= 0.3 is 0 Å². The van der Waals surface area contributed by atoms with Crippen molar-refractivity contribution in [3.05, 3.63) is 52.1 Å². The van der Waals surface area contributed by atoms with Gasteiger partial charge in [0.05, 0.1) is 28.2 Å². The van der Waals surface area contributed by atoms with Crippen LogP contribution in [0.25, 0.3) is 0 Å². The number of carbonyl (C=O) groups excluding carboxylic acids is 1. The quantitative estimate of drug-likeness (QED) is 0.850. The molecule has 7 heteroatoms. The number of amides is 1. The van der Waals surface area contributed by atoms with E-state index in [0.717, 1.165) is 18.4 Å². The van der Waals surface area contributed by atoms with Gasteiger partial charge in [-0.25, -0.2) is 4.98 Å². The molecule has 25 heavy (non-hydrogen) atoms. The molecule has 1 aromatic heterocycles. The van der Waals surface area contributed by atoms with Crippen molar-refractivity contribution in [2.75, 3.05) is 11.1 Å². The number of fused-ring (bicyclic) bond motifs is 2. The third kappa shape index (κ3) is 3.08. The summed E-state index contributed by atoms with van der Waals surface area (Å²) in [5.74, 6) is 0.0803. The third-order valence-electron chi connectivity index (χ3n) is 4.95. The molecule has 3 N–H and O–H groups in total. The number of rotatable bonds is 3. The average Bonchev–Trinajstić information content (AvgIpc) is 3.19. The normalized spacial score (nSPS) is 27.4. The van der Waals surface area contributed by atoms with Gasteiger partial charge in [0.2, 0.25) is 5.91 Å². The predicted molar refractivity (Wildman–Crippen MR) is 97.9 cm³/mol. The lowest BCUT2D eigenvalue weighted by molar-refractivity contribution is -0.121. The Balaban J connectivity index is 1.60. The number of nitrogens with zero attached hydrogens (tertiary/aromatic N) is 1. The van der Waals surface area contributed by atoms with Gasteiger partial charge in [-0.2, -0.15) is 0 Å². The number of anilines is 2. The first-order valence-electron chi connectivity index (χ1n) is 8.16. The summed E-state index contributed by atoms with van der Waals surface area (Å²) in [6.45, 7) is 0. The maximum Gasteiger partial charge on any atom is 0.230 e. The molecule has 5 nitrogen and oxygen atoms in total. The van der Waals surface area contributed by atoms with Crippen LogP contribution in [0.3, 0.4) is 0 Å². The largest absolute Gasteiger partial charge is 0.384 e. The third-order valence-corrected chi connectivity index (χ3v) is 5.69. The molecule has 0 unspecified atom stereocenters. The number of nitrogen functional groups attached to an aromatic ring is 1. The van der Waals surface area contributed by atoms with E-state index < -0.39 is 0 Å². The van der Waals surface area contributed by atoms with Crippen molar-refractivity contribution in [2.24, 2.45) is 5.92 Å². The Morgan fingerprint density at radius 2 is 1.96 bits per heavy atom. The second-order valence-electron chi connectivity index (χ2n) is 6.47. The van der Waals surface area contributed by atoms with E-state index in [4.69, 9.17) is 33.7 Å². The molecule has 4 atom stereocenters. The van der Waals surface area contributed by atoms with Crippen molar-refractivity contribution in [3.63, 3.8) is 0 Å². The van der Waals surface area contributed by atoms with Gasteiger partial charge in [0, 0.05) is 17.8 Å². The molecule has 0 spiro atoms. The Bertz CT molecular complexity index is 830. The fourth-order valence-electron chi connectivity index (χ4n) is 3.91. The fraction of sp³-hybridized carbons (Fsp3) is 0.333. The molecule has 2 aromatic rings. The Hall–Kier alpha value is -1.82. The molecule has 3 heterocycles. The monoisotopic (exact) mass is 377 g/mol. The van der Waals surface area contributed by atoms with E-state index in [1.54, 1.807) is 24.4 Å². The van der Waals surface area contributed by atoms with Crippen molar-refractivity contribution >= 4 is 40.6 Å². The van der Waals surface area contributed by atoms with Crippen LogP contribution < -0.4 is 11.1 Å². The molecule has 4 rings (SSSR count). The standard InChI is InChI=1S/C18H17Cl2N3O2/c19-11-2-1-10(8-12(11)20)23-18(24)17-14-4-3-13(25-14)16(17)9-5-6-22-15(21)7-9/h1-2,5-8,13-14,16-17H,3-4H2,(H2,21,22)(H,23,24)/t13-,14+,16-,17-/m1/s1. The van der Waals surface area contributed by atoms with Crippen LogP contribution in [0.2, 0.25) is 10.0 Å². The number of halogens is 2. The second kappa shape index (κ2) is 6.48. The number of carbonyl (C=O) groups is 1. The summed E-state index contributed by atoms with van der Waals surface area (Å²) in [5.41, 5.74) is 7.44. The number of hydrogen-bond acceptors (Lipinski definition) is 4. The highest BCUT2D eigenvalue weighted by atomic mass is 35.5. The van der Waals surface area contributed by atoms with Crippen LogP contribution in [0.5, 0.6) is 0 Å². The average molecular weight is 378 g/mol. The van der Waals surface area contributed by atoms with E-state index in [1.807, 2.05) is 12.1 Å². The highest BCUT2D eigenvalue weighted by molar-refractivity contribution is 6.42. The number of pyridine rings is 1. The Morgan fingerprint density at radius 1 is 1.16 bits per heavy atom. The Morgan fingerprint density at radius 3 is 2.72 bits per heavy atom. The van der Waals surface area contributed by atoms with Gasteiger partial charge in [-0.05, 0) is 48.7 Å². The van der Waals surface area contributed by atoms with Crippen molar-refractivity contribution in [3.8, 4) is 0 Å². The zero-order chi connectivity index (χ0) is 17.6. The van der Waals surface area contributed by atoms with Crippen LogP contribution in [-0.4, -0.2) is 23.1 Å². The first-order valence-corrected chi connectivity index (χ1v) is 8.91. The van der Waals surface area contributed by atoms with E-state index in [0.29, 0.717) is 21.6 Å². The van der Waals surface area contributed by atoms with Crippen LogP contribution in [0.1, 0.15) is 24.3 Å². The van der Waals surface area contributed by atoms with E-state index in [2.05, 4.69) is 10.3 Å². The number of aromatic nitrogens is 1. The molecule has 0 radical (unpaired) electrons. The molecule has 130 valence electrons. The summed E-state index contributed by atoms with van der Waals surface area (Å²) in [7, 11) is 0. The Labute approximate surface area is 155 Å². The zero-order valence-electron chi connectivity index (χ0n) is 13.3. The summed E-state index contributed by atoms with van der Waals surface area (Å²) < 4.78 is 6.02. The van der Waals surface area contributed by atoms with Crippen LogP contribution in [0.4, 0.5) is 11.5 Å². The molecule has 2 aliphatic heterocycles. The van der Waals surface area contributed by atoms with Gasteiger partial charge < -0.3 is 15.8 Å². The zero-order valence-corrected chi connectivity index (χ0v) is 14.8. The van der Waals surface area contributed by atoms with E-state index >= 15 is 0 Å². The van der Waals surface area contributed by atoms with Crippen LogP contribution in [0, 0.1) is 5.92 Å². The lowest BCUT2D eigenvalue weighted by Crippen LogP contribution is -2.36. The van der Waals surface area contributed by atoms with Crippen molar-refractivity contribution < 1.29 is 9.53 Å². The minimum atomic E-state index is -0.269. The molecule has 2 saturated heterocycles. The van der Waals surface area contributed by atoms with Crippen molar-refractivity contribution in [1.82, 2.24) is 4.98 Å². The SMILES string of the molecule is Nc1cc([C@H]2[C@H](C(=O)Nc3ccc(Cl)c(Cl)c3)[C@@H]3CC[C@H]2O3)ccn1. The van der Waals surface area contributed by atoms with E-state index in [-0.39, 0.29) is 30.0 Å². The molecule has 0 aliphatic carbocycles. The van der Waals surface area contributed by atoms with Crippen LogP contribution >= 0.6 is 23.2 Å². The van der Waals surface area contributed by atoms with Gasteiger partial charge in [0.1, 0.15) is 5.82 Å². The maximum atomic E-state index is 13.0. The summed E-state index contributed by atoms with van der Waals surface area (Å²) in [4.78, 5) is 17.0. The summed E-state index contributed by atoms with van der Waals surface area (Å²) >= 11 is 12.0. The molecular formula is C18H17Cl2N3O2. The minimum absolute atomic E-state index is 0.0215. The predicted octanol–water partition coefficient (Wildman–Crippen LogP) is 3.87. The molecule has 1 aromatic carbocycles. The molecule has 2 aliphatic rings. The smallest absolute Gasteiger partial charge is 0.230 e. The fourth-order valence-corrected chi connectivity index (χ4v) is 4.20. The molecule has 2 fully saturated rings. The number of benzene rings is 1. The van der Waals surface area contributed by atoms with Crippen molar-refractivity contribution in [2.45, 2.75) is 31.0 Å². The van der Waals surface area contributed by atoms with Crippen molar-refractivity contribution in [1.29, 1.82) is 0 Å². The summed E-state index contributed by atoms with van der Waals surface area (Å²) in [5, 5.41) is 3.80. The molecule has 2 bridgehead atoms. The highest BCUT2D eigenvalue weighted by Gasteiger charge is 2.52. The highest BCUT2D eigenvalue weighted by Crippen LogP contribution is 2.49. The minimum Gasteiger partial charge on any atom is -0.384 e. The Kier molecular flexibility index (Phi) is 4.31. The first kappa shape index (κ1) is 16.6. The molecular weight excluding hydrogens is 361 g/mol. The van der Waals surface area contributed by atoms with Gasteiger partial charge in [-0.1, -0.05) is 23.2 Å². The number of hydrogen-bond donors (Lipinski definition) is 2. The van der Waals surface area contributed by atoms with Gasteiger partial charge in [0.25, 0.3) is 0 Å². The number of ether oxygens (including phenoxy) is 1. The van der Waals surface area contributed by atoms with Crippen LogP contribution in [0.15, 0.2) is 36.5 Å². The van der Waals surface area contributed by atoms with Gasteiger partial charge in [-0.3, -0.25) is 4.79 Å². The lowest BCUT2D eigenvalue weighted by Gasteiger charge is -2.27. The maximum absolute atomic E-state index is 13.0. The topological polar surface area (TPSA) is 77.2 Å².